The fourth-order valence-corrected chi connectivity index (χ4v) is 19.1. The first-order valence-electron chi connectivity index (χ1n) is 16.0. The summed E-state index contributed by atoms with van der Waals surface area (Å²) in [5, 5.41) is 0. The number of nitrogens with zero attached hydrogens (tertiary/aromatic N) is 2. The summed E-state index contributed by atoms with van der Waals surface area (Å²) in [5.74, 6) is 0.854. The molecule has 0 aliphatic carbocycles. The van der Waals surface area contributed by atoms with Crippen molar-refractivity contribution in [2.45, 2.75) is 134 Å². The monoisotopic (exact) mass is 606 g/mol. The lowest BCUT2D eigenvalue weighted by Crippen LogP contribution is -2.37. The van der Waals surface area contributed by atoms with Crippen LogP contribution in [0.4, 0.5) is 8.78 Å². The van der Waals surface area contributed by atoms with Gasteiger partial charge in [-0.25, -0.2) is 18.7 Å². The molecule has 0 spiro atoms. The fourth-order valence-electron chi connectivity index (χ4n) is 5.66. The molecule has 0 amide bonds. The Labute approximate surface area is 251 Å². The van der Waals surface area contributed by atoms with Gasteiger partial charge in [-0.1, -0.05) is 121 Å². The summed E-state index contributed by atoms with van der Waals surface area (Å²) < 4.78 is 38.5. The number of alkyl halides is 2. The molecule has 2 aromatic rings. The van der Waals surface area contributed by atoms with Crippen LogP contribution in [0.3, 0.4) is 0 Å². The minimum Gasteiger partial charge on any atom is -0.494 e. The van der Waals surface area contributed by atoms with Crippen molar-refractivity contribution in [1.82, 2.24) is 9.97 Å². The Morgan fingerprint density at radius 3 is 1.83 bits per heavy atom. The van der Waals surface area contributed by atoms with Gasteiger partial charge < -0.3 is 9.47 Å². The smallest absolute Gasteiger partial charge is 0.316 e. The number of aromatic nitrogens is 2. The van der Waals surface area contributed by atoms with Crippen LogP contribution in [0, 0.1) is 0 Å². The predicted molar refractivity (Wildman–Crippen MR) is 175 cm³/mol. The molecule has 0 aliphatic rings. The third-order valence-electron chi connectivity index (χ3n) is 7.42. The van der Waals surface area contributed by atoms with Gasteiger partial charge in [0.2, 0.25) is 0 Å². The van der Waals surface area contributed by atoms with E-state index < -0.39 is 28.5 Å². The van der Waals surface area contributed by atoms with Crippen molar-refractivity contribution in [3.8, 4) is 22.9 Å². The highest BCUT2D eigenvalue weighted by Gasteiger charge is 2.27. The molecule has 8 heteroatoms. The lowest BCUT2D eigenvalue weighted by Gasteiger charge is -2.29. The molecule has 1 aromatic carbocycles. The van der Waals surface area contributed by atoms with Gasteiger partial charge in [-0.3, -0.25) is 0 Å². The van der Waals surface area contributed by atoms with Crippen molar-refractivity contribution in [2.75, 3.05) is 13.2 Å². The molecule has 2 rings (SSSR count). The summed E-state index contributed by atoms with van der Waals surface area (Å²) in [6, 6.07) is 9.42. The second kappa shape index (κ2) is 18.7. The number of hydrogen-bond donors (Lipinski definition) is 0. The van der Waals surface area contributed by atoms with Crippen LogP contribution in [0.2, 0.25) is 44.4 Å². The normalized spacial score (nSPS) is 13.7. The molecule has 0 fully saturated rings. The van der Waals surface area contributed by atoms with Crippen LogP contribution in [0.1, 0.15) is 77.6 Å². The zero-order valence-electron chi connectivity index (χ0n) is 26.7. The maximum atomic E-state index is 13.8. The van der Waals surface area contributed by atoms with E-state index in [1.165, 1.54) is 57.4 Å². The molecule has 4 nitrogen and oxygen atoms in total. The number of ether oxygens (including phenoxy) is 2. The molecule has 0 radical (unpaired) electrons. The minimum absolute atomic E-state index is 0.0498. The van der Waals surface area contributed by atoms with Crippen molar-refractivity contribution in [3.63, 3.8) is 0 Å². The fraction of sp³-hybridized carbons (Fsp3) is 0.697. The molecular formula is C33H56F2N2O2Si2. The topological polar surface area (TPSA) is 44.2 Å². The van der Waals surface area contributed by atoms with Gasteiger partial charge in [0.1, 0.15) is 18.5 Å². The Morgan fingerprint density at radius 2 is 1.27 bits per heavy atom. The van der Waals surface area contributed by atoms with Crippen LogP contribution in [0.5, 0.6) is 11.8 Å². The maximum absolute atomic E-state index is 13.8. The first kappa shape index (κ1) is 35.4. The standard InChI is InChI=1S/C33H56F2N2O2Si2/c1-7-17-31(34)32(35)26-39-33-36-24-29(25-37-33)28-18-20-30(21-19-28)38-22-15-13-11-9-8-10-12-14-16-23-41(5,6)27-40(2,3)4/h18-21,24-25,31-32H,7-17,22-23,26-27H2,1-6H3/t31-,32-/m0/s1. The molecule has 2 atom stereocenters. The summed E-state index contributed by atoms with van der Waals surface area (Å²) in [5.41, 5.74) is 3.35. The third kappa shape index (κ3) is 15.8. The van der Waals surface area contributed by atoms with Crippen LogP contribution in [0.15, 0.2) is 36.7 Å². The first-order chi connectivity index (χ1) is 19.5. The maximum Gasteiger partial charge on any atom is 0.316 e. The molecule has 0 bridgehead atoms. The van der Waals surface area contributed by atoms with Gasteiger partial charge in [0, 0.05) is 34.1 Å². The molecule has 1 aromatic heterocycles. The molecule has 0 aliphatic heterocycles. The first-order valence-corrected chi connectivity index (χ1v) is 23.1. The van der Waals surface area contributed by atoms with Gasteiger partial charge in [0.05, 0.1) is 6.61 Å². The Balaban J connectivity index is 1.53. The van der Waals surface area contributed by atoms with Crippen LogP contribution >= 0.6 is 0 Å². The largest absolute Gasteiger partial charge is 0.494 e. The van der Waals surface area contributed by atoms with Crippen LogP contribution in [0.25, 0.3) is 11.1 Å². The van der Waals surface area contributed by atoms with Crippen molar-refractivity contribution in [1.29, 1.82) is 0 Å². The van der Waals surface area contributed by atoms with Gasteiger partial charge in [0.15, 0.2) is 6.17 Å². The Bertz CT molecular complexity index is 953. The Kier molecular flexibility index (Phi) is 16.1. The predicted octanol–water partition coefficient (Wildman–Crippen LogP) is 10.5. The van der Waals surface area contributed by atoms with E-state index in [4.69, 9.17) is 9.47 Å². The molecular weight excluding hydrogens is 551 g/mol. The van der Waals surface area contributed by atoms with E-state index in [0.717, 1.165) is 29.9 Å². The van der Waals surface area contributed by atoms with Crippen molar-refractivity contribution >= 4 is 16.1 Å². The third-order valence-corrected chi connectivity index (χ3v) is 17.2. The SMILES string of the molecule is CCC[C@H](F)[C@@H](F)COc1ncc(-c2ccc(OCCCCCCCCCCC[Si](C)(C)C[Si](C)(C)C)cc2)cn1. The number of benzene rings is 1. The quantitative estimate of drug-likeness (QED) is 0.0988. The highest BCUT2D eigenvalue weighted by Crippen LogP contribution is 2.26. The molecule has 0 saturated carbocycles. The number of halogens is 2. The van der Waals surface area contributed by atoms with Gasteiger partial charge in [-0.2, -0.15) is 0 Å². The molecule has 232 valence electrons. The van der Waals surface area contributed by atoms with E-state index >= 15 is 0 Å². The van der Waals surface area contributed by atoms with Gasteiger partial charge in [0.25, 0.3) is 0 Å². The highest BCUT2D eigenvalue weighted by atomic mass is 28.4. The highest BCUT2D eigenvalue weighted by molar-refractivity contribution is 6.94. The van der Waals surface area contributed by atoms with Crippen LogP contribution in [-0.4, -0.2) is 51.7 Å². The summed E-state index contributed by atoms with van der Waals surface area (Å²) in [6.07, 6.45) is 12.8. The van der Waals surface area contributed by atoms with Crippen molar-refractivity contribution in [2.24, 2.45) is 0 Å². The van der Waals surface area contributed by atoms with E-state index in [1.807, 2.05) is 31.2 Å². The average molecular weight is 607 g/mol. The number of hydrogen-bond acceptors (Lipinski definition) is 4. The second-order valence-electron chi connectivity index (χ2n) is 13.6. The van der Waals surface area contributed by atoms with Gasteiger partial charge in [-0.05, 0) is 30.5 Å². The van der Waals surface area contributed by atoms with Crippen LogP contribution < -0.4 is 9.47 Å². The minimum atomic E-state index is -1.67. The summed E-state index contributed by atoms with van der Waals surface area (Å²) in [7, 11) is -1.88. The van der Waals surface area contributed by atoms with Crippen molar-refractivity contribution in [3.05, 3.63) is 36.7 Å². The molecule has 1 heterocycles. The number of rotatable bonds is 22. The lowest BCUT2D eigenvalue weighted by atomic mass is 10.1. The molecule has 41 heavy (non-hydrogen) atoms. The molecule has 0 saturated heterocycles. The summed E-state index contributed by atoms with van der Waals surface area (Å²) in [6.45, 7) is 14.9. The van der Waals surface area contributed by atoms with Crippen molar-refractivity contribution < 1.29 is 18.3 Å². The number of unbranched alkanes of at least 4 members (excludes halogenated alkanes) is 8. The van der Waals surface area contributed by atoms with E-state index in [0.29, 0.717) is 6.42 Å². The van der Waals surface area contributed by atoms with E-state index in [9.17, 15) is 8.78 Å². The van der Waals surface area contributed by atoms with Gasteiger partial charge in [-0.15, -0.1) is 0 Å². The Morgan fingerprint density at radius 1 is 0.707 bits per heavy atom. The summed E-state index contributed by atoms with van der Waals surface area (Å²) in [4.78, 5) is 8.26. The Hall–Kier alpha value is -1.81. The molecule has 0 unspecified atom stereocenters. The second-order valence-corrected chi connectivity index (χ2v) is 25.0. The van der Waals surface area contributed by atoms with Gasteiger partial charge >= 0.3 is 6.01 Å². The zero-order chi connectivity index (χ0) is 30.1. The van der Waals surface area contributed by atoms with E-state index in [2.05, 4.69) is 42.7 Å². The average Bonchev–Trinajstić information content (AvgIpc) is 2.91. The molecule has 0 N–H and O–H groups in total. The zero-order valence-corrected chi connectivity index (χ0v) is 28.7. The van der Waals surface area contributed by atoms with Crippen LogP contribution in [-0.2, 0) is 0 Å². The summed E-state index contributed by atoms with van der Waals surface area (Å²) >= 11 is 0. The van der Waals surface area contributed by atoms with E-state index in [1.54, 1.807) is 18.1 Å². The lowest BCUT2D eigenvalue weighted by molar-refractivity contribution is 0.0983. The van der Waals surface area contributed by atoms with E-state index in [-0.39, 0.29) is 19.0 Å².